The van der Waals surface area contributed by atoms with E-state index in [0.29, 0.717) is 0 Å². The highest BCUT2D eigenvalue weighted by atomic mass is 32.2. The van der Waals surface area contributed by atoms with Crippen LogP contribution in [0.4, 0.5) is 0 Å². The van der Waals surface area contributed by atoms with Gasteiger partial charge in [0.05, 0.1) is 0 Å². The Balaban J connectivity index is 2.66. The van der Waals surface area contributed by atoms with Crippen LogP contribution in [-0.4, -0.2) is 24.8 Å². The molecule has 6 nitrogen and oxygen atoms in total. The lowest BCUT2D eigenvalue weighted by Crippen LogP contribution is -2.41. The van der Waals surface area contributed by atoms with Crippen LogP contribution in [0, 0.1) is 0 Å². The molecule has 0 atom stereocenters. The van der Waals surface area contributed by atoms with Crippen LogP contribution in [0.3, 0.4) is 0 Å². The van der Waals surface area contributed by atoms with Crippen molar-refractivity contribution in [1.29, 1.82) is 0 Å². The van der Waals surface area contributed by atoms with Gasteiger partial charge in [-0.1, -0.05) is 12.1 Å². The first kappa shape index (κ1) is 9.97. The van der Waals surface area contributed by atoms with Crippen LogP contribution in [0.15, 0.2) is 24.3 Å². The fourth-order valence-corrected chi connectivity index (χ4v) is 1.99. The molecule has 15 heavy (non-hydrogen) atoms. The number of benzene rings is 1. The third-order valence-corrected chi connectivity index (χ3v) is 2.78. The maximum absolute atomic E-state index is 11.4. The summed E-state index contributed by atoms with van der Waals surface area (Å²) in [5, 5.41) is 0. The lowest BCUT2D eigenvalue weighted by Gasteiger charge is -1.91. The van der Waals surface area contributed by atoms with Gasteiger partial charge in [0.2, 0.25) is 0 Å². The average Bonchev–Trinajstić information content (AvgIpc) is 2.39. The smallest absolute Gasteiger partial charge is 0.237 e. The summed E-state index contributed by atoms with van der Waals surface area (Å²) in [4.78, 5) is 22.8. The van der Waals surface area contributed by atoms with Gasteiger partial charge in [0, 0.05) is 0 Å². The minimum Gasteiger partial charge on any atom is -0.237 e. The molecule has 7 heteroatoms. The molecule has 0 saturated carbocycles. The molecular weight excluding hydrogens is 222 g/mol. The van der Waals surface area contributed by atoms with Gasteiger partial charge in [0.15, 0.2) is 0 Å². The molecule has 1 heterocycles. The van der Waals surface area contributed by atoms with Crippen molar-refractivity contribution in [2.24, 2.45) is 0 Å². The van der Waals surface area contributed by atoms with Crippen LogP contribution >= 0.6 is 0 Å². The molecule has 2 amide bonds. The first-order chi connectivity index (χ1) is 6.93. The van der Waals surface area contributed by atoms with E-state index in [2.05, 4.69) is 0 Å². The summed E-state index contributed by atoms with van der Waals surface area (Å²) in [5.74, 6) is -2.06. The molecule has 1 aliphatic rings. The largest absolute Gasteiger partial charge is 0.497 e. The Morgan fingerprint density at radius 3 is 1.73 bits per heavy atom. The van der Waals surface area contributed by atoms with Crippen LogP contribution in [-0.2, 0) is 10.3 Å². The monoisotopic (exact) mass is 227 g/mol. The van der Waals surface area contributed by atoms with E-state index in [4.69, 9.17) is 4.55 Å². The fraction of sp³-hybridized carbons (Fsp3) is 0. The summed E-state index contributed by atoms with van der Waals surface area (Å²) < 4.78 is 30.1. The van der Waals surface area contributed by atoms with Crippen LogP contribution in [0.1, 0.15) is 20.7 Å². The molecule has 0 spiro atoms. The van der Waals surface area contributed by atoms with E-state index in [9.17, 15) is 18.0 Å². The molecule has 0 saturated heterocycles. The normalized spacial score (nSPS) is 16.9. The molecule has 0 unspecified atom stereocenters. The maximum Gasteiger partial charge on any atom is 0.497 e. The van der Waals surface area contributed by atoms with Gasteiger partial charge in [-0.05, 0) is 12.1 Å². The number of fused-ring (bicyclic) bond motifs is 1. The Labute approximate surface area is 85.0 Å². The van der Waals surface area contributed by atoms with E-state index in [1.807, 2.05) is 0 Å². The fourth-order valence-electron chi connectivity index (χ4n) is 1.38. The molecule has 0 fully saturated rings. The van der Waals surface area contributed by atoms with Gasteiger partial charge in [-0.25, -0.2) is 14.1 Å². The Morgan fingerprint density at radius 1 is 1.00 bits per heavy atom. The summed E-state index contributed by atoms with van der Waals surface area (Å²) >= 11 is 0. The molecular formula is C8H5NO5S+. The highest BCUT2D eigenvalue weighted by Crippen LogP contribution is 2.21. The minimum absolute atomic E-state index is 0.0277. The highest BCUT2D eigenvalue weighted by molar-refractivity contribution is 7.85. The SMILES string of the molecule is O=C1c2ccccc2C(=O)[N+]1S(=O)(=O)O. The van der Waals surface area contributed by atoms with Gasteiger partial charge >= 0.3 is 22.1 Å². The van der Waals surface area contributed by atoms with Crippen molar-refractivity contribution in [3.63, 3.8) is 0 Å². The van der Waals surface area contributed by atoms with E-state index < -0.39 is 22.1 Å². The summed E-state index contributed by atoms with van der Waals surface area (Å²) in [6.45, 7) is 0. The van der Waals surface area contributed by atoms with Gasteiger partial charge in [-0.3, -0.25) is 0 Å². The van der Waals surface area contributed by atoms with Crippen molar-refractivity contribution < 1.29 is 22.6 Å². The zero-order chi connectivity index (χ0) is 11.2. The predicted molar refractivity (Wildman–Crippen MR) is 48.8 cm³/mol. The molecule has 77 valence electrons. The van der Waals surface area contributed by atoms with Crippen LogP contribution < -0.4 is 4.31 Å². The van der Waals surface area contributed by atoms with Gasteiger partial charge in [0.25, 0.3) is 0 Å². The number of hydrogen-bond donors (Lipinski definition) is 1. The summed E-state index contributed by atoms with van der Waals surface area (Å²) in [7, 11) is -4.83. The van der Waals surface area contributed by atoms with Crippen molar-refractivity contribution in [3.05, 3.63) is 35.4 Å². The second-order valence-corrected chi connectivity index (χ2v) is 4.16. The number of carbonyl (C=O) groups is 2. The minimum atomic E-state index is -4.83. The van der Waals surface area contributed by atoms with Crippen LogP contribution in [0.25, 0.3) is 0 Å². The Kier molecular flexibility index (Phi) is 1.97. The third-order valence-electron chi connectivity index (χ3n) is 1.99. The van der Waals surface area contributed by atoms with Gasteiger partial charge in [0.1, 0.15) is 15.4 Å². The van der Waals surface area contributed by atoms with Gasteiger partial charge in [-0.15, -0.1) is 8.42 Å². The topological polar surface area (TPSA) is 94.4 Å². The zero-order valence-corrected chi connectivity index (χ0v) is 8.06. The number of hydrogen-bond acceptors (Lipinski definition) is 4. The maximum atomic E-state index is 11.4. The van der Waals surface area contributed by atoms with Crippen molar-refractivity contribution in [2.45, 2.75) is 0 Å². The summed E-state index contributed by atoms with van der Waals surface area (Å²) in [5.41, 5.74) is -0.0553. The number of nitrogens with zero attached hydrogens (tertiary/aromatic N) is 1. The number of carbonyl (C=O) groups excluding carboxylic acids is 2. The second kappa shape index (κ2) is 2.96. The molecule has 0 bridgehead atoms. The summed E-state index contributed by atoms with van der Waals surface area (Å²) in [6.07, 6.45) is 0. The van der Waals surface area contributed by atoms with Crippen LogP contribution in [0.2, 0.25) is 0 Å². The van der Waals surface area contributed by atoms with Crippen molar-refractivity contribution in [2.75, 3.05) is 0 Å². The lowest BCUT2D eigenvalue weighted by molar-refractivity contribution is 0.0833. The van der Waals surface area contributed by atoms with Crippen molar-refractivity contribution >= 4 is 22.1 Å². The Hall–Kier alpha value is -1.57. The first-order valence-corrected chi connectivity index (χ1v) is 5.28. The molecule has 1 aromatic rings. The average molecular weight is 227 g/mol. The molecule has 2 rings (SSSR count). The van der Waals surface area contributed by atoms with E-state index in [-0.39, 0.29) is 15.4 Å². The zero-order valence-electron chi connectivity index (χ0n) is 7.25. The quantitative estimate of drug-likeness (QED) is 0.411. The van der Waals surface area contributed by atoms with Gasteiger partial charge in [-0.2, -0.15) is 0 Å². The van der Waals surface area contributed by atoms with Gasteiger partial charge < -0.3 is 0 Å². The highest BCUT2D eigenvalue weighted by Gasteiger charge is 2.56. The second-order valence-electron chi connectivity index (χ2n) is 2.90. The van der Waals surface area contributed by atoms with Crippen molar-refractivity contribution in [3.8, 4) is 0 Å². The molecule has 0 aromatic heterocycles. The Morgan fingerprint density at radius 2 is 1.40 bits per heavy atom. The standard InChI is InChI=1S/C8H5NO5S/c10-7-5-3-1-2-4-6(5)8(11)9(7)15(12,13)14/h1-4H,(H,12,13,14)/q+1. The third kappa shape index (κ3) is 1.37. The number of rotatable bonds is 1. The van der Waals surface area contributed by atoms with E-state index >= 15 is 0 Å². The molecule has 1 radical (unpaired) electrons. The van der Waals surface area contributed by atoms with Crippen molar-refractivity contribution in [1.82, 2.24) is 4.31 Å². The first-order valence-electron chi connectivity index (χ1n) is 3.88. The van der Waals surface area contributed by atoms with E-state index in [0.717, 1.165) is 0 Å². The molecule has 1 aliphatic heterocycles. The number of imide groups is 1. The molecule has 1 aromatic carbocycles. The predicted octanol–water partition coefficient (Wildman–Crippen LogP) is -0.0765. The molecule has 0 aliphatic carbocycles. The van der Waals surface area contributed by atoms with E-state index in [1.54, 1.807) is 0 Å². The Bertz CT molecular complexity index is 527. The summed E-state index contributed by atoms with van der Waals surface area (Å²) in [6, 6.07) is 5.64. The number of amides is 2. The van der Waals surface area contributed by atoms with E-state index in [1.165, 1.54) is 24.3 Å². The lowest BCUT2D eigenvalue weighted by atomic mass is 10.1. The van der Waals surface area contributed by atoms with Crippen LogP contribution in [0.5, 0.6) is 0 Å². The molecule has 1 N–H and O–H groups in total.